The van der Waals surface area contributed by atoms with Gasteiger partial charge in [-0.2, -0.15) is 0 Å². The van der Waals surface area contributed by atoms with Gasteiger partial charge >= 0.3 is 0 Å². The molecule has 1 aromatic carbocycles. The first-order valence-electron chi connectivity index (χ1n) is 6.58. The lowest BCUT2D eigenvalue weighted by atomic mass is 10.1. The molecule has 2 N–H and O–H groups in total. The molecule has 0 amide bonds. The van der Waals surface area contributed by atoms with Gasteiger partial charge in [0.1, 0.15) is 5.76 Å². The second-order valence-corrected chi connectivity index (χ2v) is 6.57. The van der Waals surface area contributed by atoms with Gasteiger partial charge in [-0.15, -0.1) is 0 Å². The van der Waals surface area contributed by atoms with E-state index in [2.05, 4.69) is 15.2 Å². The van der Waals surface area contributed by atoms with Crippen molar-refractivity contribution >= 4 is 15.7 Å². The lowest BCUT2D eigenvalue weighted by molar-refractivity contribution is 0.391. The molecule has 7 heteroatoms. The molecule has 0 saturated heterocycles. The molecule has 0 bridgehead atoms. The summed E-state index contributed by atoms with van der Waals surface area (Å²) in [5.74, 6) is 0.619. The highest BCUT2D eigenvalue weighted by Gasteiger charge is 2.22. The van der Waals surface area contributed by atoms with E-state index in [1.165, 1.54) is 0 Å². The van der Waals surface area contributed by atoms with Crippen molar-refractivity contribution in [3.8, 4) is 0 Å². The van der Waals surface area contributed by atoms with E-state index >= 15 is 0 Å². The fraction of sp³-hybridized carbons (Fsp3) is 0.357. The van der Waals surface area contributed by atoms with E-state index in [-0.39, 0.29) is 4.90 Å². The number of nitrogens with zero attached hydrogens (tertiary/aromatic N) is 1. The smallest absolute Gasteiger partial charge is 0.241 e. The van der Waals surface area contributed by atoms with Crippen molar-refractivity contribution in [2.45, 2.75) is 31.7 Å². The highest BCUT2D eigenvalue weighted by Crippen LogP contribution is 2.23. The molecule has 1 aromatic heterocycles. The second-order valence-electron chi connectivity index (χ2n) is 4.86. The molecule has 2 rings (SSSR count). The van der Waals surface area contributed by atoms with Gasteiger partial charge in [0.25, 0.3) is 0 Å². The van der Waals surface area contributed by atoms with Gasteiger partial charge < -0.3 is 9.84 Å². The van der Waals surface area contributed by atoms with E-state index in [1.807, 2.05) is 0 Å². The Hall–Kier alpha value is -1.86. The number of rotatable bonds is 5. The predicted molar refractivity (Wildman–Crippen MR) is 80.7 cm³/mol. The van der Waals surface area contributed by atoms with Crippen LogP contribution in [0, 0.1) is 13.8 Å². The van der Waals surface area contributed by atoms with Gasteiger partial charge in [-0.3, -0.25) is 0 Å². The van der Waals surface area contributed by atoms with Gasteiger partial charge in [0, 0.05) is 24.3 Å². The first-order valence-corrected chi connectivity index (χ1v) is 8.06. The fourth-order valence-corrected chi connectivity index (χ4v) is 3.48. The van der Waals surface area contributed by atoms with E-state index in [0.717, 1.165) is 11.3 Å². The monoisotopic (exact) mass is 309 g/mol. The molecule has 114 valence electrons. The van der Waals surface area contributed by atoms with E-state index in [0.29, 0.717) is 11.5 Å². The van der Waals surface area contributed by atoms with Gasteiger partial charge in [-0.1, -0.05) is 5.16 Å². The summed E-state index contributed by atoms with van der Waals surface area (Å²) in [6.45, 7) is 5.33. The van der Waals surface area contributed by atoms with Crippen LogP contribution in [0.3, 0.4) is 0 Å². The molecule has 1 heterocycles. The van der Waals surface area contributed by atoms with Gasteiger partial charge in [0.2, 0.25) is 10.0 Å². The second kappa shape index (κ2) is 5.87. The summed E-state index contributed by atoms with van der Waals surface area (Å²) in [5.41, 5.74) is 2.31. The van der Waals surface area contributed by atoms with Crippen molar-refractivity contribution in [2.24, 2.45) is 0 Å². The Balaban J connectivity index is 2.24. The highest BCUT2D eigenvalue weighted by atomic mass is 32.2. The van der Waals surface area contributed by atoms with Crippen LogP contribution in [0.5, 0.6) is 0 Å². The van der Waals surface area contributed by atoms with Gasteiger partial charge in [-0.25, -0.2) is 13.1 Å². The topological polar surface area (TPSA) is 84.2 Å². The third-order valence-electron chi connectivity index (χ3n) is 3.31. The fourth-order valence-electron chi connectivity index (χ4n) is 2.27. The SMILES string of the molecule is CNc1ccc(S(=O)(=O)NC(C)c2c(C)noc2C)cc1. The van der Waals surface area contributed by atoms with E-state index in [4.69, 9.17) is 4.52 Å². The number of hydrogen-bond acceptors (Lipinski definition) is 5. The van der Waals surface area contributed by atoms with Crippen LogP contribution in [0.15, 0.2) is 33.7 Å². The van der Waals surface area contributed by atoms with E-state index in [1.54, 1.807) is 52.1 Å². The minimum absolute atomic E-state index is 0.222. The van der Waals surface area contributed by atoms with E-state index < -0.39 is 16.1 Å². The van der Waals surface area contributed by atoms with Crippen LogP contribution in [0.2, 0.25) is 0 Å². The molecular formula is C14H19N3O3S. The maximum atomic E-state index is 12.4. The predicted octanol–water partition coefficient (Wildman–Crippen LogP) is 2.37. The molecule has 6 nitrogen and oxygen atoms in total. The van der Waals surface area contributed by atoms with Crippen LogP contribution in [-0.4, -0.2) is 20.6 Å². The highest BCUT2D eigenvalue weighted by molar-refractivity contribution is 7.89. The summed E-state index contributed by atoms with van der Waals surface area (Å²) in [7, 11) is -1.81. The van der Waals surface area contributed by atoms with Gasteiger partial charge in [0.15, 0.2) is 0 Å². The molecule has 0 aliphatic carbocycles. The maximum Gasteiger partial charge on any atom is 0.241 e. The number of nitrogens with one attached hydrogen (secondary N) is 2. The standard InChI is InChI=1S/C14H19N3O3S/c1-9-14(11(3)20-16-9)10(2)17-21(18,19)13-7-5-12(15-4)6-8-13/h5-8,10,15,17H,1-4H3. The molecule has 1 atom stereocenters. The van der Waals surface area contributed by atoms with Crippen molar-refractivity contribution in [3.05, 3.63) is 41.3 Å². The largest absolute Gasteiger partial charge is 0.388 e. The number of anilines is 1. The third kappa shape index (κ3) is 3.25. The van der Waals surface area contributed by atoms with Crippen LogP contribution in [0.4, 0.5) is 5.69 Å². The summed E-state index contributed by atoms with van der Waals surface area (Å²) in [4.78, 5) is 0.222. The number of hydrogen-bond donors (Lipinski definition) is 2. The zero-order valence-electron chi connectivity index (χ0n) is 12.5. The summed E-state index contributed by atoms with van der Waals surface area (Å²) in [6, 6.07) is 6.15. The van der Waals surface area contributed by atoms with Gasteiger partial charge in [0.05, 0.1) is 10.6 Å². The number of aryl methyl sites for hydroxylation is 2. The molecule has 0 aliphatic rings. The van der Waals surface area contributed by atoms with Crippen molar-refractivity contribution in [1.29, 1.82) is 0 Å². The molecule has 21 heavy (non-hydrogen) atoms. The van der Waals surface area contributed by atoms with Crippen molar-refractivity contribution in [1.82, 2.24) is 9.88 Å². The Kier molecular flexibility index (Phi) is 4.34. The molecule has 0 fully saturated rings. The zero-order chi connectivity index (χ0) is 15.6. The Bertz CT molecular complexity index is 701. The van der Waals surface area contributed by atoms with Crippen LogP contribution in [-0.2, 0) is 10.0 Å². The van der Waals surface area contributed by atoms with Crippen molar-refractivity contribution < 1.29 is 12.9 Å². The summed E-state index contributed by atoms with van der Waals surface area (Å²) < 4.78 is 32.5. The first kappa shape index (κ1) is 15.5. The number of aromatic nitrogens is 1. The lowest BCUT2D eigenvalue weighted by Crippen LogP contribution is -2.27. The lowest BCUT2D eigenvalue weighted by Gasteiger charge is -2.14. The molecular weight excluding hydrogens is 290 g/mol. The maximum absolute atomic E-state index is 12.4. The summed E-state index contributed by atoms with van der Waals surface area (Å²) >= 11 is 0. The Morgan fingerprint density at radius 2 is 1.81 bits per heavy atom. The van der Waals surface area contributed by atoms with Gasteiger partial charge in [-0.05, 0) is 45.0 Å². The van der Waals surface area contributed by atoms with Crippen LogP contribution in [0.1, 0.15) is 30.0 Å². The Labute approximate surface area is 124 Å². The quantitative estimate of drug-likeness (QED) is 0.886. The molecule has 2 aromatic rings. The van der Waals surface area contributed by atoms with Crippen molar-refractivity contribution in [3.63, 3.8) is 0 Å². The van der Waals surface area contributed by atoms with Crippen LogP contribution < -0.4 is 10.0 Å². The third-order valence-corrected chi connectivity index (χ3v) is 4.86. The minimum Gasteiger partial charge on any atom is -0.388 e. The molecule has 0 spiro atoms. The average molecular weight is 309 g/mol. The Morgan fingerprint density at radius 3 is 2.29 bits per heavy atom. The number of benzene rings is 1. The van der Waals surface area contributed by atoms with Crippen LogP contribution >= 0.6 is 0 Å². The molecule has 1 unspecified atom stereocenters. The first-order chi connectivity index (χ1) is 9.85. The molecule has 0 saturated carbocycles. The molecule has 0 aliphatic heterocycles. The van der Waals surface area contributed by atoms with Crippen molar-refractivity contribution in [2.75, 3.05) is 12.4 Å². The average Bonchev–Trinajstić information content (AvgIpc) is 2.77. The number of sulfonamides is 1. The van der Waals surface area contributed by atoms with E-state index in [9.17, 15) is 8.42 Å². The minimum atomic E-state index is -3.59. The zero-order valence-corrected chi connectivity index (χ0v) is 13.3. The summed E-state index contributed by atoms with van der Waals surface area (Å²) in [5, 5.41) is 6.79. The summed E-state index contributed by atoms with van der Waals surface area (Å²) in [6.07, 6.45) is 0. The molecule has 0 radical (unpaired) electrons. The normalized spacial score (nSPS) is 13.1. The van der Waals surface area contributed by atoms with Crippen LogP contribution in [0.25, 0.3) is 0 Å². The Morgan fingerprint density at radius 1 is 1.19 bits per heavy atom.